The molecule has 14 N–H and O–H groups in total. The van der Waals surface area contributed by atoms with Crippen LogP contribution in [0.15, 0.2) is 89.4 Å². The van der Waals surface area contributed by atoms with E-state index in [-0.39, 0.29) is 62.4 Å². The molecule has 15 atom stereocenters. The number of phenolic OH excluding ortho intramolecular Hbond substituents is 5. The van der Waals surface area contributed by atoms with E-state index in [1.54, 1.807) is 0 Å². The van der Waals surface area contributed by atoms with Crippen molar-refractivity contribution >= 4 is 35.1 Å². The van der Waals surface area contributed by atoms with Crippen LogP contribution in [0.5, 0.6) is 51.7 Å². The van der Waals surface area contributed by atoms with Crippen LogP contribution >= 0.6 is 0 Å². The Hall–Kier alpha value is -7.61. The van der Waals surface area contributed by atoms with E-state index in [1.807, 2.05) is 0 Å². The quantitative estimate of drug-likeness (QED) is 0.0230. The molecule has 4 heterocycles. The van der Waals surface area contributed by atoms with E-state index in [9.17, 15) is 81.1 Å². The molecule has 3 aliphatic heterocycles. The van der Waals surface area contributed by atoms with Gasteiger partial charge in [0.15, 0.2) is 46.9 Å². The molecule has 27 nitrogen and oxygen atoms in total. The predicted molar refractivity (Wildman–Crippen MR) is 268 cm³/mol. The molecule has 0 saturated carbocycles. The zero-order valence-corrected chi connectivity index (χ0v) is 42.1. The second-order valence-electron chi connectivity index (χ2n) is 18.4. The predicted octanol–water partition coefficient (Wildman–Crippen LogP) is -0.364. The molecular formula is C53H57O27+. The number of methoxy groups -OCH3 is 2. The number of aliphatic hydroxyl groups excluding tert-OH is 9. The summed E-state index contributed by atoms with van der Waals surface area (Å²) in [5, 5.41) is 149. The normalized spacial score (nSPS) is 28.9. The Labute approximate surface area is 452 Å². The van der Waals surface area contributed by atoms with E-state index in [4.69, 9.17) is 51.8 Å². The van der Waals surface area contributed by atoms with Crippen LogP contribution in [0, 0.1) is 0 Å². The molecule has 80 heavy (non-hydrogen) atoms. The molecule has 4 aromatic carbocycles. The molecule has 0 aliphatic carbocycles. The van der Waals surface area contributed by atoms with E-state index in [0.717, 1.165) is 30.4 Å². The lowest BCUT2D eigenvalue weighted by Crippen LogP contribution is -2.65. The zero-order valence-electron chi connectivity index (χ0n) is 42.1. The average molecular weight is 1130 g/mol. The summed E-state index contributed by atoms with van der Waals surface area (Å²) in [5.74, 6) is -4.81. The van der Waals surface area contributed by atoms with Gasteiger partial charge in [-0.05, 0) is 59.7 Å². The van der Waals surface area contributed by atoms with Crippen LogP contribution in [0.25, 0.3) is 34.4 Å². The van der Waals surface area contributed by atoms with E-state index in [2.05, 4.69) is 0 Å². The van der Waals surface area contributed by atoms with Gasteiger partial charge in [-0.3, -0.25) is 0 Å². The third-order valence-electron chi connectivity index (χ3n) is 13.0. The first-order chi connectivity index (χ1) is 38.2. The summed E-state index contributed by atoms with van der Waals surface area (Å²) < 4.78 is 63.4. The van der Waals surface area contributed by atoms with Crippen LogP contribution in [-0.2, 0) is 38.0 Å². The number of carbonyl (C=O) groups is 2. The molecule has 0 spiro atoms. The maximum atomic E-state index is 13.1. The summed E-state index contributed by atoms with van der Waals surface area (Å²) in [6.07, 6.45) is -24.2. The lowest BCUT2D eigenvalue weighted by molar-refractivity contribution is -0.358. The van der Waals surface area contributed by atoms with E-state index >= 15 is 0 Å². The van der Waals surface area contributed by atoms with E-state index in [0.29, 0.717) is 5.56 Å². The lowest BCUT2D eigenvalue weighted by Gasteiger charge is -2.45. The Morgan fingerprint density at radius 2 is 1.05 bits per heavy atom. The topological polar surface area (TPSA) is 421 Å². The number of aliphatic hydroxyl groups is 9. The first-order valence-corrected chi connectivity index (χ1v) is 24.3. The van der Waals surface area contributed by atoms with E-state index in [1.165, 1.54) is 81.0 Å². The van der Waals surface area contributed by atoms with Crippen LogP contribution in [0.2, 0.25) is 0 Å². The largest absolute Gasteiger partial charge is 0.507 e. The van der Waals surface area contributed by atoms with Crippen LogP contribution in [-0.4, -0.2) is 210 Å². The molecule has 5 aromatic rings. The zero-order chi connectivity index (χ0) is 57.7. The second-order valence-corrected chi connectivity index (χ2v) is 18.4. The molecule has 8 rings (SSSR count). The fourth-order valence-corrected chi connectivity index (χ4v) is 8.59. The number of aromatic hydroxyl groups is 5. The Morgan fingerprint density at radius 3 is 1.66 bits per heavy atom. The van der Waals surface area contributed by atoms with Crippen molar-refractivity contribution in [1.29, 1.82) is 0 Å². The lowest BCUT2D eigenvalue weighted by atomic mass is 9.97. The molecule has 0 unspecified atom stereocenters. The Bertz CT molecular complexity index is 3060. The van der Waals surface area contributed by atoms with Gasteiger partial charge in [-0.2, -0.15) is 0 Å². The van der Waals surface area contributed by atoms with Crippen LogP contribution < -0.4 is 18.9 Å². The summed E-state index contributed by atoms with van der Waals surface area (Å²) in [6, 6.07) is 15.2. The van der Waals surface area contributed by atoms with Gasteiger partial charge in [-0.1, -0.05) is 12.1 Å². The molecule has 3 fully saturated rings. The SMILES string of the molecule is COc1cc(C=CC(=O)OC[C@H]2O[C@@H](Oc3cc4c(O[C@@H]5O[C@H](CO)[C@@H](O)[C@H](O)[C@H]5O)cc(O)cc4[o+]c3-c3ccc(O)c(OC)c3)[C@H](O[C@@H]3O[C@H](COC(=O)C=Cc4ccc(O)c(O)c4)[C@@H](O)[C@H](O)[C@H]3O)[C@@H](O)[C@@H]2O)ccc1O. The molecule has 27 heteroatoms. The molecular weight excluding hydrogens is 1070 g/mol. The Kier molecular flexibility index (Phi) is 18.5. The summed E-state index contributed by atoms with van der Waals surface area (Å²) in [4.78, 5) is 25.8. The highest BCUT2D eigenvalue weighted by Gasteiger charge is 2.53. The van der Waals surface area contributed by atoms with Crippen molar-refractivity contribution in [3.8, 4) is 63.1 Å². The van der Waals surface area contributed by atoms with Crippen molar-refractivity contribution in [1.82, 2.24) is 0 Å². The van der Waals surface area contributed by atoms with Gasteiger partial charge in [0.25, 0.3) is 0 Å². The minimum absolute atomic E-state index is 0.0847. The van der Waals surface area contributed by atoms with Crippen molar-refractivity contribution in [3.63, 3.8) is 0 Å². The average Bonchev–Trinajstić information content (AvgIpc) is 3.57. The van der Waals surface area contributed by atoms with Gasteiger partial charge < -0.3 is 119 Å². The monoisotopic (exact) mass is 1130 g/mol. The summed E-state index contributed by atoms with van der Waals surface area (Å²) in [5.41, 5.74) is 0.598. The standard InChI is InChI=1S/C53H56O27/c1-70-33-14-23(4-9-28(33)57)6-12-40(61)73-21-38-43(64)46(67)50(80-52-48(69)45(66)42(63)37(78-52)20-72-39(60)11-5-22-3-8-27(56)30(59)13-22)53(79-38)76-35-18-26-31(74-49(35)24-7-10-29(58)34(15-24)71-2)16-25(55)17-32(26)75-51-47(68)44(65)41(62)36(19-54)77-51/h3-18,36-38,41-48,50-54,62-69H,19-21H2,1-2H3,(H4-,55,56,57,58,59,60,61)/p+1/t36-,37-,38-,41-,42-,43-,44+,45+,46+,47-,48-,50-,51-,52+,53-/m1/s1. The number of carbonyl (C=O) groups excluding carboxylic acids is 2. The summed E-state index contributed by atoms with van der Waals surface area (Å²) >= 11 is 0. The molecule has 0 radical (unpaired) electrons. The van der Waals surface area contributed by atoms with Crippen molar-refractivity contribution in [2.45, 2.75) is 92.1 Å². The van der Waals surface area contributed by atoms with Gasteiger partial charge >= 0.3 is 23.3 Å². The van der Waals surface area contributed by atoms with Crippen molar-refractivity contribution in [3.05, 3.63) is 96.1 Å². The van der Waals surface area contributed by atoms with Crippen LogP contribution in [0.3, 0.4) is 0 Å². The Balaban J connectivity index is 1.14. The number of benzene rings is 4. The van der Waals surface area contributed by atoms with Crippen LogP contribution in [0.1, 0.15) is 11.1 Å². The number of hydrogen-bond acceptors (Lipinski definition) is 26. The molecule has 1 aromatic heterocycles. The molecule has 3 saturated heterocycles. The fraction of sp³-hybridized carbons (Fsp3) is 0.377. The number of rotatable bonds is 18. The van der Waals surface area contributed by atoms with Gasteiger partial charge in [0.05, 0.1) is 32.5 Å². The third kappa shape index (κ3) is 13.0. The van der Waals surface area contributed by atoms with Gasteiger partial charge in [-0.25, -0.2) is 14.0 Å². The number of phenols is 5. The third-order valence-corrected chi connectivity index (χ3v) is 13.0. The van der Waals surface area contributed by atoms with Gasteiger partial charge in [0, 0.05) is 30.4 Å². The molecule has 0 bridgehead atoms. The van der Waals surface area contributed by atoms with Gasteiger partial charge in [0.2, 0.25) is 18.3 Å². The van der Waals surface area contributed by atoms with Crippen molar-refractivity contribution in [2.75, 3.05) is 34.0 Å². The second kappa shape index (κ2) is 25.2. The molecule has 3 aliphatic rings. The number of hydrogen-bond donors (Lipinski definition) is 14. The highest BCUT2D eigenvalue weighted by Crippen LogP contribution is 2.44. The number of fused-ring (bicyclic) bond motifs is 1. The smallest absolute Gasteiger partial charge is 0.402 e. The highest BCUT2D eigenvalue weighted by atomic mass is 16.8. The number of esters is 2. The van der Waals surface area contributed by atoms with E-state index < -0.39 is 141 Å². The minimum Gasteiger partial charge on any atom is -0.507 e. The highest BCUT2D eigenvalue weighted by molar-refractivity contribution is 5.89. The minimum atomic E-state index is -2.16. The van der Waals surface area contributed by atoms with Gasteiger partial charge in [0.1, 0.15) is 97.2 Å². The first kappa shape index (κ1) is 58.5. The first-order valence-electron chi connectivity index (χ1n) is 24.3. The summed E-state index contributed by atoms with van der Waals surface area (Å²) in [6.45, 7) is -2.40. The molecule has 0 amide bonds. The Morgan fingerprint density at radius 1 is 0.525 bits per heavy atom. The van der Waals surface area contributed by atoms with Crippen molar-refractivity contribution < 1.29 is 133 Å². The maximum Gasteiger partial charge on any atom is 0.402 e. The van der Waals surface area contributed by atoms with Gasteiger partial charge in [-0.15, -0.1) is 0 Å². The maximum absolute atomic E-state index is 13.1. The summed E-state index contributed by atoms with van der Waals surface area (Å²) in [7, 11) is 2.58. The van der Waals surface area contributed by atoms with Crippen molar-refractivity contribution in [2.24, 2.45) is 0 Å². The molecule has 430 valence electrons. The fourth-order valence-electron chi connectivity index (χ4n) is 8.59. The van der Waals surface area contributed by atoms with Crippen LogP contribution in [0.4, 0.5) is 0 Å². The number of ether oxygens (including phenoxy) is 10.